The van der Waals surface area contributed by atoms with E-state index >= 15 is 0 Å². The van der Waals surface area contributed by atoms with Crippen LogP contribution in [0.5, 0.6) is 0 Å². The van der Waals surface area contributed by atoms with Crippen LogP contribution in [0.3, 0.4) is 0 Å². The topological polar surface area (TPSA) is 36.7 Å². The quantitative estimate of drug-likeness (QED) is 0.139. The first-order chi connectivity index (χ1) is 27.6. The molecule has 4 heteroatoms. The smallest absolute Gasteiger partial charge is 0.201 e. The third-order valence-electron chi connectivity index (χ3n) is 9.77. The molecule has 4 nitrogen and oxygen atoms in total. The van der Waals surface area contributed by atoms with Gasteiger partial charge in [-0.3, -0.25) is 4.79 Å². The predicted octanol–water partition coefficient (Wildman–Crippen LogP) is 11.3. The lowest BCUT2D eigenvalue weighted by atomic mass is 9.99. The molecule has 0 amide bonds. The molecule has 0 spiro atoms. The molecule has 5 aromatic carbocycles. The van der Waals surface area contributed by atoms with Gasteiger partial charge in [0.1, 0.15) is 11.0 Å². The lowest BCUT2D eigenvalue weighted by molar-refractivity contribution is 0.560. The van der Waals surface area contributed by atoms with Crippen LogP contribution >= 0.6 is 0 Å². The highest BCUT2D eigenvalue weighted by molar-refractivity contribution is 5.87. The van der Waals surface area contributed by atoms with E-state index in [4.69, 9.17) is 4.42 Å². The fraction of sp³-hybridized carbons (Fsp3) is 0.0385. The molecule has 0 fully saturated rings. The van der Waals surface area contributed by atoms with E-state index in [0.29, 0.717) is 21.6 Å². The van der Waals surface area contributed by atoms with Crippen LogP contribution in [0.15, 0.2) is 227 Å². The number of allylic oxidation sites excluding steroid dienone is 11. The van der Waals surface area contributed by atoms with E-state index in [1.807, 2.05) is 104 Å². The molecule has 2 aliphatic rings. The Balaban J connectivity index is 1.14. The van der Waals surface area contributed by atoms with Gasteiger partial charge in [0, 0.05) is 28.4 Å². The van der Waals surface area contributed by atoms with E-state index in [2.05, 4.69) is 125 Å². The molecule has 2 aliphatic carbocycles. The molecule has 56 heavy (non-hydrogen) atoms. The molecular formula is C52H40N2O2. The summed E-state index contributed by atoms with van der Waals surface area (Å²) in [5.74, 6) is 0. The van der Waals surface area contributed by atoms with Gasteiger partial charge in [0.15, 0.2) is 0 Å². The van der Waals surface area contributed by atoms with Crippen LogP contribution in [0.4, 0.5) is 22.7 Å². The maximum absolute atomic E-state index is 14.3. The van der Waals surface area contributed by atoms with Gasteiger partial charge in [-0.25, -0.2) is 0 Å². The van der Waals surface area contributed by atoms with Crippen molar-refractivity contribution in [2.45, 2.75) is 13.3 Å². The van der Waals surface area contributed by atoms with Gasteiger partial charge in [0.2, 0.25) is 5.43 Å². The number of para-hydroxylation sites is 3. The second kappa shape index (κ2) is 16.3. The van der Waals surface area contributed by atoms with Crippen LogP contribution < -0.4 is 25.9 Å². The second-order valence-corrected chi connectivity index (χ2v) is 13.4. The van der Waals surface area contributed by atoms with E-state index in [-0.39, 0.29) is 5.43 Å². The number of anilines is 4. The maximum Gasteiger partial charge on any atom is 0.201 e. The number of benzene rings is 5. The Morgan fingerprint density at radius 1 is 0.732 bits per heavy atom. The lowest BCUT2D eigenvalue weighted by Crippen LogP contribution is -2.40. The minimum atomic E-state index is -0.123. The predicted molar refractivity (Wildman–Crippen MR) is 234 cm³/mol. The number of rotatable bonds is 9. The van der Waals surface area contributed by atoms with Crippen LogP contribution in [0, 0.1) is 0 Å². The normalized spacial score (nSPS) is 14.2. The molecule has 8 rings (SSSR count). The van der Waals surface area contributed by atoms with E-state index in [9.17, 15) is 4.79 Å². The highest BCUT2D eigenvalue weighted by Gasteiger charge is 2.17. The third kappa shape index (κ3) is 7.38. The number of nitrogens with zero attached hydrogens (tertiary/aromatic N) is 2. The van der Waals surface area contributed by atoms with Gasteiger partial charge in [0.25, 0.3) is 0 Å². The van der Waals surface area contributed by atoms with Crippen molar-refractivity contribution in [3.05, 3.63) is 249 Å². The SMILES string of the molecule is C=c1oc2cc(C3=CC=C=C(N(C4=CCC=CC=C4)c4ccccc4)C=C3)ccc2c(=O)/c1=C(/C=C\C)c1ccc(N(c2ccccc2)c2ccccc2)cc1. The highest BCUT2D eigenvalue weighted by atomic mass is 16.3. The summed E-state index contributed by atoms with van der Waals surface area (Å²) in [6.45, 7) is 6.20. The van der Waals surface area contributed by atoms with Crippen molar-refractivity contribution >= 4 is 51.4 Å². The highest BCUT2D eigenvalue weighted by Crippen LogP contribution is 2.35. The average molecular weight is 725 g/mol. The zero-order chi connectivity index (χ0) is 38.3. The Labute approximate surface area is 327 Å². The Morgan fingerprint density at radius 2 is 1.38 bits per heavy atom. The van der Waals surface area contributed by atoms with Crippen LogP contribution in [-0.4, -0.2) is 0 Å². The molecule has 0 saturated heterocycles. The molecule has 270 valence electrons. The van der Waals surface area contributed by atoms with Gasteiger partial charge >= 0.3 is 0 Å². The maximum atomic E-state index is 14.3. The first kappa shape index (κ1) is 35.6. The molecule has 0 N–H and O–H groups in total. The fourth-order valence-corrected chi connectivity index (χ4v) is 7.13. The van der Waals surface area contributed by atoms with E-state index in [0.717, 1.165) is 62.8 Å². The Morgan fingerprint density at radius 3 is 2.04 bits per heavy atom. The molecule has 1 heterocycles. The first-order valence-corrected chi connectivity index (χ1v) is 18.8. The summed E-state index contributed by atoms with van der Waals surface area (Å²) in [6, 6.07) is 44.9. The largest absolute Gasteiger partial charge is 0.456 e. The molecule has 1 aromatic heterocycles. The molecule has 0 unspecified atom stereocenters. The van der Waals surface area contributed by atoms with Gasteiger partial charge in [-0.2, -0.15) is 0 Å². The van der Waals surface area contributed by atoms with E-state index in [1.54, 1.807) is 0 Å². The third-order valence-corrected chi connectivity index (χ3v) is 9.77. The lowest BCUT2D eigenvalue weighted by Gasteiger charge is -2.26. The van der Waals surface area contributed by atoms with Crippen molar-refractivity contribution in [1.29, 1.82) is 0 Å². The van der Waals surface area contributed by atoms with E-state index in [1.165, 1.54) is 0 Å². The van der Waals surface area contributed by atoms with Gasteiger partial charge in [-0.05, 0) is 121 Å². The zero-order valence-corrected chi connectivity index (χ0v) is 31.2. The van der Waals surface area contributed by atoms with Crippen LogP contribution in [-0.2, 0) is 0 Å². The van der Waals surface area contributed by atoms with Crippen molar-refractivity contribution in [1.82, 2.24) is 0 Å². The Hall–Kier alpha value is -7.39. The summed E-state index contributed by atoms with van der Waals surface area (Å²) < 4.78 is 6.39. The minimum Gasteiger partial charge on any atom is -0.456 e. The average Bonchev–Trinajstić information content (AvgIpc) is 3.66. The van der Waals surface area contributed by atoms with Crippen LogP contribution in [0.2, 0.25) is 0 Å². The molecule has 0 bridgehead atoms. The van der Waals surface area contributed by atoms with Crippen molar-refractivity contribution < 1.29 is 4.42 Å². The molecule has 0 saturated carbocycles. The van der Waals surface area contributed by atoms with Crippen molar-refractivity contribution in [3.8, 4) is 0 Å². The number of fused-ring (bicyclic) bond motifs is 1. The van der Waals surface area contributed by atoms with Gasteiger partial charge < -0.3 is 14.2 Å². The van der Waals surface area contributed by atoms with Gasteiger partial charge in [-0.15, -0.1) is 0 Å². The summed E-state index contributed by atoms with van der Waals surface area (Å²) in [5, 5.41) is 0.945. The van der Waals surface area contributed by atoms with Crippen LogP contribution in [0.1, 0.15) is 24.5 Å². The van der Waals surface area contributed by atoms with Gasteiger partial charge in [0.05, 0.1) is 16.3 Å². The van der Waals surface area contributed by atoms with Gasteiger partial charge in [-0.1, -0.05) is 128 Å². The standard InChI is InChI=1S/C52H40N2O2/c1-3-18-48(40-30-34-47(35-31-40)54(44-24-13-7-14-25-44)45-26-15-8-16-27-45)51-38(2)56-50-37-41(32-36-49(50)52(51)55)39-19-17-28-46(33-29-39)53(43-22-11-6-12-23-43)42-20-9-4-5-10-21-42/h3-9,11-27,29-37H,2,10H2,1H3/b18-3-,51-48-. The first-order valence-electron chi connectivity index (χ1n) is 18.8. The Kier molecular flexibility index (Phi) is 10.4. The monoisotopic (exact) mass is 724 g/mol. The van der Waals surface area contributed by atoms with Crippen molar-refractivity contribution in [2.75, 3.05) is 9.80 Å². The van der Waals surface area contributed by atoms with Crippen molar-refractivity contribution in [3.63, 3.8) is 0 Å². The molecular weight excluding hydrogens is 685 g/mol. The summed E-state index contributed by atoms with van der Waals surface area (Å²) in [5.41, 5.74) is 13.8. The van der Waals surface area contributed by atoms with E-state index < -0.39 is 0 Å². The number of hydrogen-bond donors (Lipinski definition) is 0. The molecule has 6 aromatic rings. The molecule has 0 atom stereocenters. The Bertz CT molecular complexity index is 2790. The molecule has 0 aliphatic heterocycles. The molecule has 0 radical (unpaired) electrons. The van der Waals surface area contributed by atoms with Crippen LogP contribution in [0.25, 0.3) is 28.7 Å². The summed E-state index contributed by atoms with van der Waals surface area (Å²) >= 11 is 0. The fourth-order valence-electron chi connectivity index (χ4n) is 7.13. The second-order valence-electron chi connectivity index (χ2n) is 13.4. The van der Waals surface area contributed by atoms with Crippen molar-refractivity contribution in [2.24, 2.45) is 0 Å². The summed E-state index contributed by atoms with van der Waals surface area (Å²) in [6.07, 6.45) is 23.5. The number of hydrogen-bond acceptors (Lipinski definition) is 4. The summed E-state index contributed by atoms with van der Waals surface area (Å²) in [4.78, 5) is 18.7. The zero-order valence-electron chi connectivity index (χ0n) is 31.2. The minimum absolute atomic E-state index is 0.123. The summed E-state index contributed by atoms with van der Waals surface area (Å²) in [7, 11) is 0.